The van der Waals surface area contributed by atoms with Crippen molar-refractivity contribution in [2.75, 3.05) is 13.1 Å². The molecular weight excluding hydrogens is 189 g/mol. The number of rotatable bonds is 7. The summed E-state index contributed by atoms with van der Waals surface area (Å²) in [5.41, 5.74) is 1.05. The molecule has 82 valence electrons. The third kappa shape index (κ3) is 5.33. The molecule has 1 N–H and O–H groups in total. The van der Waals surface area contributed by atoms with Gasteiger partial charge in [-0.2, -0.15) is 0 Å². The third-order valence-corrected chi connectivity index (χ3v) is 2.24. The van der Waals surface area contributed by atoms with Crippen LogP contribution < -0.4 is 5.32 Å². The Morgan fingerprint density at radius 2 is 2.20 bits per heavy atom. The molecule has 2 heteroatoms. The Bertz CT molecular complexity index is 296. The Morgan fingerprint density at radius 3 is 2.93 bits per heavy atom. The monoisotopic (exact) mass is 207 g/mol. The molecule has 1 rings (SSSR count). The van der Waals surface area contributed by atoms with Crippen molar-refractivity contribution in [3.8, 4) is 0 Å². The van der Waals surface area contributed by atoms with E-state index in [0.717, 1.165) is 37.9 Å². The van der Waals surface area contributed by atoms with E-state index in [2.05, 4.69) is 11.9 Å². The second kappa shape index (κ2) is 7.18. The summed E-state index contributed by atoms with van der Waals surface area (Å²) < 4.78 is 12.8. The summed E-state index contributed by atoms with van der Waals surface area (Å²) in [4.78, 5) is 0. The molecule has 0 saturated carbocycles. The van der Waals surface area contributed by atoms with Crippen LogP contribution in [0.3, 0.4) is 0 Å². The van der Waals surface area contributed by atoms with Crippen LogP contribution in [0, 0.1) is 5.82 Å². The summed E-state index contributed by atoms with van der Waals surface area (Å²) in [5.74, 6) is -0.154. The van der Waals surface area contributed by atoms with Gasteiger partial charge in [-0.25, -0.2) is 4.39 Å². The van der Waals surface area contributed by atoms with Crippen molar-refractivity contribution in [1.29, 1.82) is 0 Å². The molecule has 0 unspecified atom stereocenters. The van der Waals surface area contributed by atoms with Gasteiger partial charge in [0.1, 0.15) is 5.82 Å². The van der Waals surface area contributed by atoms with E-state index in [1.165, 1.54) is 6.07 Å². The summed E-state index contributed by atoms with van der Waals surface area (Å²) in [7, 11) is 0. The Hall–Kier alpha value is -1.15. The predicted octanol–water partition coefficient (Wildman–Crippen LogP) is 2.92. The molecule has 0 aromatic heterocycles. The minimum atomic E-state index is -0.154. The SMILES string of the molecule is C=CCCCNCCc1cccc(F)c1. The van der Waals surface area contributed by atoms with Crippen molar-refractivity contribution < 1.29 is 4.39 Å². The molecule has 15 heavy (non-hydrogen) atoms. The Labute approximate surface area is 91.0 Å². The number of allylic oxidation sites excluding steroid dienone is 1. The molecule has 0 bridgehead atoms. The Morgan fingerprint density at radius 1 is 1.33 bits per heavy atom. The topological polar surface area (TPSA) is 12.0 Å². The first kappa shape index (κ1) is 11.9. The minimum Gasteiger partial charge on any atom is -0.316 e. The van der Waals surface area contributed by atoms with Crippen molar-refractivity contribution in [1.82, 2.24) is 5.32 Å². The molecule has 0 spiro atoms. The summed E-state index contributed by atoms with van der Waals surface area (Å²) in [5, 5.41) is 3.32. The molecule has 0 radical (unpaired) electrons. The van der Waals surface area contributed by atoms with Gasteiger partial charge in [0.2, 0.25) is 0 Å². The number of hydrogen-bond acceptors (Lipinski definition) is 1. The average molecular weight is 207 g/mol. The van der Waals surface area contributed by atoms with Crippen LogP contribution >= 0.6 is 0 Å². The second-order valence-corrected chi connectivity index (χ2v) is 3.56. The van der Waals surface area contributed by atoms with E-state index < -0.39 is 0 Å². The quantitative estimate of drug-likeness (QED) is 0.535. The van der Waals surface area contributed by atoms with Crippen LogP contribution in [0.4, 0.5) is 4.39 Å². The molecule has 0 saturated heterocycles. The molecular formula is C13H18FN. The van der Waals surface area contributed by atoms with Gasteiger partial charge in [0, 0.05) is 0 Å². The lowest BCUT2D eigenvalue weighted by Gasteiger charge is -2.03. The highest BCUT2D eigenvalue weighted by Gasteiger charge is 1.94. The molecule has 0 atom stereocenters. The van der Waals surface area contributed by atoms with E-state index in [4.69, 9.17) is 0 Å². The van der Waals surface area contributed by atoms with Gasteiger partial charge in [-0.05, 0) is 50.0 Å². The predicted molar refractivity (Wildman–Crippen MR) is 62.4 cm³/mol. The summed E-state index contributed by atoms with van der Waals surface area (Å²) >= 11 is 0. The first-order valence-electron chi connectivity index (χ1n) is 5.39. The van der Waals surface area contributed by atoms with E-state index >= 15 is 0 Å². The van der Waals surface area contributed by atoms with Crippen LogP contribution in [0.25, 0.3) is 0 Å². The zero-order chi connectivity index (χ0) is 10.9. The summed E-state index contributed by atoms with van der Waals surface area (Å²) in [6, 6.07) is 6.77. The van der Waals surface area contributed by atoms with Gasteiger partial charge in [-0.1, -0.05) is 18.2 Å². The van der Waals surface area contributed by atoms with Crippen LogP contribution in [0.1, 0.15) is 18.4 Å². The Kier molecular flexibility index (Phi) is 5.71. The maximum absolute atomic E-state index is 12.8. The van der Waals surface area contributed by atoms with E-state index in [1.807, 2.05) is 12.1 Å². The number of unbranched alkanes of at least 4 members (excludes halogenated alkanes) is 1. The van der Waals surface area contributed by atoms with Crippen molar-refractivity contribution in [3.63, 3.8) is 0 Å². The molecule has 0 amide bonds. The molecule has 1 aromatic carbocycles. The lowest BCUT2D eigenvalue weighted by Crippen LogP contribution is -2.18. The largest absolute Gasteiger partial charge is 0.316 e. The van der Waals surface area contributed by atoms with Gasteiger partial charge in [-0.15, -0.1) is 6.58 Å². The summed E-state index contributed by atoms with van der Waals surface area (Å²) in [6.07, 6.45) is 4.97. The highest BCUT2D eigenvalue weighted by Crippen LogP contribution is 2.03. The van der Waals surface area contributed by atoms with Crippen molar-refractivity contribution >= 4 is 0 Å². The number of halogens is 1. The van der Waals surface area contributed by atoms with Crippen LogP contribution in [-0.4, -0.2) is 13.1 Å². The van der Waals surface area contributed by atoms with Gasteiger partial charge in [0.15, 0.2) is 0 Å². The molecule has 0 aliphatic heterocycles. The maximum atomic E-state index is 12.8. The summed E-state index contributed by atoms with van der Waals surface area (Å²) in [6.45, 7) is 5.57. The van der Waals surface area contributed by atoms with Crippen LogP contribution in [0.15, 0.2) is 36.9 Å². The fourth-order valence-corrected chi connectivity index (χ4v) is 1.42. The van der Waals surface area contributed by atoms with E-state index in [9.17, 15) is 4.39 Å². The van der Waals surface area contributed by atoms with Crippen LogP contribution in [-0.2, 0) is 6.42 Å². The molecule has 0 aliphatic rings. The highest BCUT2D eigenvalue weighted by atomic mass is 19.1. The van der Waals surface area contributed by atoms with Gasteiger partial charge in [0.05, 0.1) is 0 Å². The number of hydrogen-bond donors (Lipinski definition) is 1. The van der Waals surface area contributed by atoms with E-state index in [0.29, 0.717) is 0 Å². The lowest BCUT2D eigenvalue weighted by atomic mass is 10.1. The zero-order valence-electron chi connectivity index (χ0n) is 9.01. The van der Waals surface area contributed by atoms with Crippen molar-refractivity contribution in [2.24, 2.45) is 0 Å². The van der Waals surface area contributed by atoms with Gasteiger partial charge in [0.25, 0.3) is 0 Å². The van der Waals surface area contributed by atoms with Crippen molar-refractivity contribution in [3.05, 3.63) is 48.3 Å². The number of nitrogens with one attached hydrogen (secondary N) is 1. The van der Waals surface area contributed by atoms with E-state index in [-0.39, 0.29) is 5.82 Å². The van der Waals surface area contributed by atoms with Crippen LogP contribution in [0.2, 0.25) is 0 Å². The Balaban J connectivity index is 2.12. The first-order valence-corrected chi connectivity index (χ1v) is 5.39. The third-order valence-electron chi connectivity index (χ3n) is 2.24. The highest BCUT2D eigenvalue weighted by molar-refractivity contribution is 5.16. The van der Waals surface area contributed by atoms with Gasteiger partial charge < -0.3 is 5.32 Å². The standard InChI is InChI=1S/C13H18FN/c1-2-3-4-9-15-10-8-12-6-5-7-13(14)11-12/h2,5-7,11,15H,1,3-4,8-10H2. The van der Waals surface area contributed by atoms with Gasteiger partial charge in [-0.3, -0.25) is 0 Å². The first-order chi connectivity index (χ1) is 7.33. The average Bonchev–Trinajstić information content (AvgIpc) is 2.23. The smallest absolute Gasteiger partial charge is 0.123 e. The fourth-order valence-electron chi connectivity index (χ4n) is 1.42. The lowest BCUT2D eigenvalue weighted by molar-refractivity contribution is 0.620. The van der Waals surface area contributed by atoms with Gasteiger partial charge >= 0.3 is 0 Å². The molecule has 0 fully saturated rings. The minimum absolute atomic E-state index is 0.154. The maximum Gasteiger partial charge on any atom is 0.123 e. The van der Waals surface area contributed by atoms with Crippen molar-refractivity contribution in [2.45, 2.75) is 19.3 Å². The second-order valence-electron chi connectivity index (χ2n) is 3.56. The molecule has 0 aliphatic carbocycles. The zero-order valence-corrected chi connectivity index (χ0v) is 9.01. The van der Waals surface area contributed by atoms with Crippen LogP contribution in [0.5, 0.6) is 0 Å². The fraction of sp³-hybridized carbons (Fsp3) is 0.385. The molecule has 0 heterocycles. The molecule has 1 aromatic rings. The normalized spacial score (nSPS) is 10.2. The number of benzene rings is 1. The molecule has 1 nitrogen and oxygen atoms in total. The van der Waals surface area contributed by atoms with E-state index in [1.54, 1.807) is 12.1 Å².